The molecule has 38 heavy (non-hydrogen) atoms. The van der Waals surface area contributed by atoms with Crippen LogP contribution < -0.4 is 0 Å². The second-order valence-electron chi connectivity index (χ2n) is 10.5. The first-order valence-corrected chi connectivity index (χ1v) is 14.1. The van der Waals surface area contributed by atoms with Crippen LogP contribution >= 0.6 is 11.6 Å². The number of halogens is 1. The molecule has 0 saturated carbocycles. The molecule has 0 N–H and O–H groups in total. The van der Waals surface area contributed by atoms with E-state index in [0.717, 1.165) is 37.1 Å². The van der Waals surface area contributed by atoms with Crippen LogP contribution in [0.5, 0.6) is 0 Å². The van der Waals surface area contributed by atoms with Crippen LogP contribution in [0.4, 0.5) is 0 Å². The lowest BCUT2D eigenvalue weighted by Crippen LogP contribution is -2.12. The highest BCUT2D eigenvalue weighted by Crippen LogP contribution is 2.45. The summed E-state index contributed by atoms with van der Waals surface area (Å²) in [5.74, 6) is 0.374. The van der Waals surface area contributed by atoms with Crippen LogP contribution in [-0.4, -0.2) is 4.57 Å². The molecule has 0 saturated heterocycles. The Balaban J connectivity index is 1.31. The Morgan fingerprint density at radius 3 is 2.39 bits per heavy atom. The fraction of sp³-hybridized carbons (Fsp3) is 0.167. The molecule has 0 amide bonds. The van der Waals surface area contributed by atoms with E-state index < -0.39 is 0 Å². The quantitative estimate of drug-likeness (QED) is 0.257. The fourth-order valence-electron chi connectivity index (χ4n) is 6.41. The smallest absolute Gasteiger partial charge is 0.0538 e. The topological polar surface area (TPSA) is 4.93 Å². The van der Waals surface area contributed by atoms with E-state index in [2.05, 4.69) is 114 Å². The summed E-state index contributed by atoms with van der Waals surface area (Å²) < 4.78 is 2.47. The zero-order chi connectivity index (χ0) is 25.5. The minimum Gasteiger partial charge on any atom is -0.313 e. The van der Waals surface area contributed by atoms with Gasteiger partial charge in [-0.2, -0.15) is 0 Å². The Hall–Kier alpha value is -3.81. The van der Waals surface area contributed by atoms with Crippen LogP contribution in [0, 0.1) is 5.92 Å². The zero-order valence-corrected chi connectivity index (χ0v) is 22.2. The first-order valence-electron chi connectivity index (χ1n) is 13.7. The molecule has 3 aliphatic carbocycles. The van der Waals surface area contributed by atoms with E-state index in [9.17, 15) is 0 Å². The lowest BCUT2D eigenvalue weighted by Gasteiger charge is -2.27. The predicted octanol–water partition coefficient (Wildman–Crippen LogP) is 10.1. The van der Waals surface area contributed by atoms with Gasteiger partial charge in [0.25, 0.3) is 0 Å². The molecule has 1 unspecified atom stereocenters. The van der Waals surface area contributed by atoms with Gasteiger partial charge in [-0.3, -0.25) is 0 Å². The van der Waals surface area contributed by atoms with Gasteiger partial charge in [-0.05, 0) is 90.3 Å². The Kier molecular flexibility index (Phi) is 6.02. The third-order valence-electron chi connectivity index (χ3n) is 8.20. The SMILES string of the molecule is Clc1ccc2c(c1)c1c(n2-c2ccc(-c3ccccc3)cc2)CCC=C1C1C=CC=C(C2=CC=CCC2)C1. The molecule has 2 heteroatoms. The zero-order valence-electron chi connectivity index (χ0n) is 21.4. The molecule has 7 rings (SSSR count). The first-order chi connectivity index (χ1) is 18.8. The minimum atomic E-state index is 0.374. The van der Waals surface area contributed by atoms with Gasteiger partial charge in [-0.15, -0.1) is 0 Å². The maximum atomic E-state index is 6.60. The van der Waals surface area contributed by atoms with E-state index in [0.29, 0.717) is 5.92 Å². The second kappa shape index (κ2) is 9.82. The molecule has 0 fully saturated rings. The first kappa shape index (κ1) is 23.3. The van der Waals surface area contributed by atoms with E-state index in [1.165, 1.54) is 55.7 Å². The number of allylic oxidation sites excluding steroid dienone is 10. The lowest BCUT2D eigenvalue weighted by atomic mass is 9.78. The van der Waals surface area contributed by atoms with Crippen molar-refractivity contribution >= 4 is 28.1 Å². The number of hydrogen-bond acceptors (Lipinski definition) is 0. The van der Waals surface area contributed by atoms with Gasteiger partial charge in [0.2, 0.25) is 0 Å². The molecule has 1 aromatic heterocycles. The van der Waals surface area contributed by atoms with Crippen LogP contribution in [-0.2, 0) is 6.42 Å². The summed E-state index contributed by atoms with van der Waals surface area (Å²) in [6.07, 6.45) is 21.7. The molecule has 3 aliphatic rings. The van der Waals surface area contributed by atoms with Gasteiger partial charge in [0.05, 0.1) is 5.52 Å². The van der Waals surface area contributed by atoms with E-state index in [-0.39, 0.29) is 0 Å². The minimum absolute atomic E-state index is 0.374. The number of fused-ring (bicyclic) bond motifs is 3. The molecule has 0 bridgehead atoms. The van der Waals surface area contributed by atoms with Crippen LogP contribution in [0.25, 0.3) is 33.3 Å². The number of nitrogens with zero attached hydrogens (tertiary/aromatic N) is 1. The van der Waals surface area contributed by atoms with E-state index in [1.807, 2.05) is 6.07 Å². The summed E-state index contributed by atoms with van der Waals surface area (Å²) in [6.45, 7) is 0. The Morgan fingerprint density at radius 1 is 0.763 bits per heavy atom. The normalized spacial score (nSPS) is 18.7. The molecular weight excluding hydrogens is 482 g/mol. The summed E-state index contributed by atoms with van der Waals surface area (Å²) in [5.41, 5.74) is 12.1. The Bertz CT molecular complexity index is 1670. The van der Waals surface area contributed by atoms with E-state index in [1.54, 1.807) is 0 Å². The largest absolute Gasteiger partial charge is 0.313 e. The van der Waals surface area contributed by atoms with E-state index in [4.69, 9.17) is 11.6 Å². The highest BCUT2D eigenvalue weighted by Gasteiger charge is 2.28. The molecule has 0 aliphatic heterocycles. The average Bonchev–Trinajstić information content (AvgIpc) is 3.32. The lowest BCUT2D eigenvalue weighted by molar-refractivity contribution is 0.772. The molecule has 1 heterocycles. The van der Waals surface area contributed by atoms with Gasteiger partial charge < -0.3 is 4.57 Å². The average molecular weight is 512 g/mol. The summed E-state index contributed by atoms with van der Waals surface area (Å²) in [6, 6.07) is 26.0. The molecular formula is C36H30ClN. The number of hydrogen-bond donors (Lipinski definition) is 0. The van der Waals surface area contributed by atoms with Crippen molar-refractivity contribution in [1.82, 2.24) is 4.57 Å². The van der Waals surface area contributed by atoms with Crippen molar-refractivity contribution in [1.29, 1.82) is 0 Å². The Labute approximate surface area is 229 Å². The van der Waals surface area contributed by atoms with Gasteiger partial charge >= 0.3 is 0 Å². The van der Waals surface area contributed by atoms with Crippen molar-refractivity contribution < 1.29 is 0 Å². The van der Waals surface area contributed by atoms with Gasteiger partial charge in [0, 0.05) is 33.3 Å². The third-order valence-corrected chi connectivity index (χ3v) is 8.44. The summed E-state index contributed by atoms with van der Waals surface area (Å²) in [4.78, 5) is 0. The summed E-state index contributed by atoms with van der Waals surface area (Å²) >= 11 is 6.60. The maximum Gasteiger partial charge on any atom is 0.0538 e. The molecule has 3 aromatic carbocycles. The van der Waals surface area contributed by atoms with Crippen LogP contribution in [0.2, 0.25) is 5.02 Å². The molecule has 186 valence electrons. The van der Waals surface area contributed by atoms with E-state index >= 15 is 0 Å². The monoisotopic (exact) mass is 511 g/mol. The second-order valence-corrected chi connectivity index (χ2v) is 10.9. The van der Waals surface area contributed by atoms with Crippen LogP contribution in [0.15, 0.2) is 126 Å². The van der Waals surface area contributed by atoms with Crippen molar-refractivity contribution in [3.05, 3.63) is 143 Å². The van der Waals surface area contributed by atoms with Crippen molar-refractivity contribution in [3.8, 4) is 16.8 Å². The highest BCUT2D eigenvalue weighted by molar-refractivity contribution is 6.31. The molecule has 1 atom stereocenters. The van der Waals surface area contributed by atoms with Gasteiger partial charge in [-0.1, -0.05) is 96.6 Å². The van der Waals surface area contributed by atoms with Crippen LogP contribution in [0.3, 0.4) is 0 Å². The van der Waals surface area contributed by atoms with Crippen molar-refractivity contribution in [3.63, 3.8) is 0 Å². The Morgan fingerprint density at radius 2 is 1.58 bits per heavy atom. The maximum absolute atomic E-state index is 6.60. The molecule has 0 spiro atoms. The third kappa shape index (κ3) is 4.12. The van der Waals surface area contributed by atoms with Crippen molar-refractivity contribution in [2.75, 3.05) is 0 Å². The fourth-order valence-corrected chi connectivity index (χ4v) is 6.58. The van der Waals surface area contributed by atoms with Crippen molar-refractivity contribution in [2.24, 2.45) is 5.92 Å². The van der Waals surface area contributed by atoms with Gasteiger partial charge in [-0.25, -0.2) is 0 Å². The number of rotatable bonds is 4. The number of aromatic nitrogens is 1. The summed E-state index contributed by atoms with van der Waals surface area (Å²) in [7, 11) is 0. The standard InChI is InChI=1S/C36H30ClN/c37-30-19-22-34-33(24-30)36-32(29-14-7-13-28(23-29)26-11-5-2-6-12-26)15-8-16-35(36)38(34)31-20-17-27(18-21-31)25-9-3-1-4-10-25/h1-5,7,9-11,13-15,17-22,24,29H,6,8,12,16,23H2. The predicted molar refractivity (Wildman–Crippen MR) is 162 cm³/mol. The molecule has 4 aromatic rings. The molecule has 0 radical (unpaired) electrons. The number of benzene rings is 3. The highest BCUT2D eigenvalue weighted by atomic mass is 35.5. The van der Waals surface area contributed by atoms with Gasteiger partial charge in [0.1, 0.15) is 0 Å². The van der Waals surface area contributed by atoms with Gasteiger partial charge in [0.15, 0.2) is 0 Å². The van der Waals surface area contributed by atoms with Crippen molar-refractivity contribution in [2.45, 2.75) is 32.1 Å². The molecule has 1 nitrogen and oxygen atoms in total. The van der Waals surface area contributed by atoms with Crippen LogP contribution in [0.1, 0.15) is 36.9 Å². The summed E-state index contributed by atoms with van der Waals surface area (Å²) in [5, 5.41) is 2.05.